The Kier molecular flexibility index (Phi) is 5.44. The summed E-state index contributed by atoms with van der Waals surface area (Å²) in [5.74, 6) is -0.129. The number of carbonyl (C=O) groups excluding carboxylic acids is 1. The topological polar surface area (TPSA) is 38.3 Å². The van der Waals surface area contributed by atoms with Gasteiger partial charge in [-0.3, -0.25) is 4.79 Å². The van der Waals surface area contributed by atoms with E-state index in [-0.39, 0.29) is 11.5 Å². The van der Waals surface area contributed by atoms with Crippen LogP contribution in [0.2, 0.25) is 5.02 Å². The first-order valence-electron chi connectivity index (χ1n) is 7.23. The van der Waals surface area contributed by atoms with Crippen LogP contribution >= 0.6 is 11.6 Å². The minimum absolute atomic E-state index is 0.0602. The van der Waals surface area contributed by atoms with Gasteiger partial charge in [-0.15, -0.1) is 0 Å². The average Bonchev–Trinajstić information content (AvgIpc) is 2.47. The van der Waals surface area contributed by atoms with E-state index in [1.165, 1.54) is 19.3 Å². The monoisotopic (exact) mass is 295 g/mol. The summed E-state index contributed by atoms with van der Waals surface area (Å²) in [6.07, 6.45) is 6.20. The zero-order valence-corrected chi connectivity index (χ0v) is 12.7. The van der Waals surface area contributed by atoms with Gasteiger partial charge in [0.25, 0.3) is 0 Å². The van der Waals surface area contributed by atoms with Crippen LogP contribution < -0.4 is 5.32 Å². The van der Waals surface area contributed by atoms with Gasteiger partial charge in [-0.1, -0.05) is 43.0 Å². The second-order valence-corrected chi connectivity index (χ2v) is 5.99. The smallest absolute Gasteiger partial charge is 0.307 e. The first kappa shape index (κ1) is 15.3. The third-order valence-corrected chi connectivity index (χ3v) is 4.39. The van der Waals surface area contributed by atoms with E-state index in [2.05, 4.69) is 5.32 Å². The van der Waals surface area contributed by atoms with Crippen molar-refractivity contribution in [2.24, 2.45) is 0 Å². The molecule has 0 amide bonds. The summed E-state index contributed by atoms with van der Waals surface area (Å²) in [7, 11) is 1.94. The maximum Gasteiger partial charge on any atom is 0.307 e. The highest BCUT2D eigenvalue weighted by Crippen LogP contribution is 2.31. The van der Waals surface area contributed by atoms with Gasteiger partial charge in [0.1, 0.15) is 6.61 Å². The van der Waals surface area contributed by atoms with Gasteiger partial charge in [0.2, 0.25) is 0 Å². The SMILES string of the molecule is CNC1(CC(=O)OCc2ccc(Cl)cc2)CCCCC1. The van der Waals surface area contributed by atoms with Crippen LogP contribution in [-0.2, 0) is 16.1 Å². The lowest BCUT2D eigenvalue weighted by molar-refractivity contribution is -0.147. The number of halogens is 1. The number of benzene rings is 1. The molecule has 0 radical (unpaired) electrons. The van der Waals surface area contributed by atoms with E-state index in [1.54, 1.807) is 12.1 Å². The molecule has 0 heterocycles. The third-order valence-electron chi connectivity index (χ3n) is 4.14. The van der Waals surface area contributed by atoms with Gasteiger partial charge in [-0.2, -0.15) is 0 Å². The molecule has 1 N–H and O–H groups in total. The van der Waals surface area contributed by atoms with Gasteiger partial charge in [0.05, 0.1) is 6.42 Å². The first-order chi connectivity index (χ1) is 9.63. The molecule has 1 aromatic rings. The van der Waals surface area contributed by atoms with Crippen LogP contribution in [0.15, 0.2) is 24.3 Å². The van der Waals surface area contributed by atoms with Crippen molar-refractivity contribution < 1.29 is 9.53 Å². The summed E-state index contributed by atoms with van der Waals surface area (Å²) in [6, 6.07) is 7.37. The largest absolute Gasteiger partial charge is 0.461 e. The average molecular weight is 296 g/mol. The Bertz CT molecular complexity index is 438. The molecule has 1 saturated carbocycles. The van der Waals surface area contributed by atoms with E-state index in [9.17, 15) is 4.79 Å². The summed E-state index contributed by atoms with van der Waals surface area (Å²) in [4.78, 5) is 12.0. The molecule has 2 rings (SSSR count). The number of hydrogen-bond acceptors (Lipinski definition) is 3. The molecule has 0 saturated heterocycles. The predicted octanol–water partition coefficient (Wildman–Crippen LogP) is 3.70. The summed E-state index contributed by atoms with van der Waals surface area (Å²) in [5.41, 5.74) is 0.903. The van der Waals surface area contributed by atoms with Crippen molar-refractivity contribution in [3.63, 3.8) is 0 Å². The van der Waals surface area contributed by atoms with Gasteiger partial charge in [0.15, 0.2) is 0 Å². The Morgan fingerprint density at radius 1 is 1.25 bits per heavy atom. The van der Waals surface area contributed by atoms with Crippen molar-refractivity contribution in [3.05, 3.63) is 34.9 Å². The lowest BCUT2D eigenvalue weighted by Crippen LogP contribution is -2.46. The van der Waals surface area contributed by atoms with Crippen LogP contribution in [0.25, 0.3) is 0 Å². The molecule has 0 aliphatic heterocycles. The summed E-state index contributed by atoms with van der Waals surface area (Å²) in [5, 5.41) is 4.03. The van der Waals surface area contributed by atoms with Crippen molar-refractivity contribution in [2.75, 3.05) is 7.05 Å². The van der Waals surface area contributed by atoms with Gasteiger partial charge in [-0.05, 0) is 37.6 Å². The Labute approximate surface area is 125 Å². The zero-order valence-electron chi connectivity index (χ0n) is 12.0. The lowest BCUT2D eigenvalue weighted by Gasteiger charge is -2.36. The predicted molar refractivity (Wildman–Crippen MR) is 80.7 cm³/mol. The number of nitrogens with one attached hydrogen (secondary N) is 1. The van der Waals surface area contributed by atoms with Crippen LogP contribution in [0.1, 0.15) is 44.1 Å². The van der Waals surface area contributed by atoms with Crippen LogP contribution in [0.5, 0.6) is 0 Å². The highest BCUT2D eigenvalue weighted by atomic mass is 35.5. The van der Waals surface area contributed by atoms with Crippen molar-refractivity contribution in [1.82, 2.24) is 5.32 Å². The fourth-order valence-corrected chi connectivity index (χ4v) is 2.94. The molecular formula is C16H22ClNO2. The minimum atomic E-state index is -0.129. The van der Waals surface area contributed by atoms with E-state index >= 15 is 0 Å². The molecule has 4 heteroatoms. The van der Waals surface area contributed by atoms with E-state index in [0.29, 0.717) is 18.1 Å². The van der Waals surface area contributed by atoms with E-state index in [4.69, 9.17) is 16.3 Å². The van der Waals surface area contributed by atoms with Crippen LogP contribution in [-0.4, -0.2) is 18.6 Å². The normalized spacial score (nSPS) is 17.7. The standard InChI is InChI=1S/C16H22ClNO2/c1-18-16(9-3-2-4-10-16)11-15(19)20-12-13-5-7-14(17)8-6-13/h5-8,18H,2-4,9-12H2,1H3. The number of hydrogen-bond donors (Lipinski definition) is 1. The summed E-state index contributed by atoms with van der Waals surface area (Å²) < 4.78 is 5.38. The summed E-state index contributed by atoms with van der Waals surface area (Å²) in [6.45, 7) is 0.315. The van der Waals surface area contributed by atoms with Gasteiger partial charge in [0, 0.05) is 10.6 Å². The zero-order chi connectivity index (χ0) is 14.4. The molecule has 0 unspecified atom stereocenters. The highest BCUT2D eigenvalue weighted by molar-refractivity contribution is 6.30. The number of carbonyl (C=O) groups is 1. The Hall–Kier alpha value is -1.06. The fraction of sp³-hybridized carbons (Fsp3) is 0.562. The quantitative estimate of drug-likeness (QED) is 0.842. The lowest BCUT2D eigenvalue weighted by atomic mass is 9.79. The molecule has 1 fully saturated rings. The van der Waals surface area contributed by atoms with E-state index in [1.807, 2.05) is 19.2 Å². The maximum absolute atomic E-state index is 12.0. The number of rotatable bonds is 5. The van der Waals surface area contributed by atoms with Crippen molar-refractivity contribution in [2.45, 2.75) is 50.7 Å². The molecule has 1 aliphatic rings. The van der Waals surface area contributed by atoms with Crippen LogP contribution in [0.4, 0.5) is 0 Å². The second-order valence-electron chi connectivity index (χ2n) is 5.55. The van der Waals surface area contributed by atoms with Crippen molar-refractivity contribution >= 4 is 17.6 Å². The van der Waals surface area contributed by atoms with Crippen molar-refractivity contribution in [1.29, 1.82) is 0 Å². The Balaban J connectivity index is 1.83. The Morgan fingerprint density at radius 2 is 1.90 bits per heavy atom. The number of ether oxygens (including phenoxy) is 1. The van der Waals surface area contributed by atoms with Gasteiger partial charge in [-0.25, -0.2) is 0 Å². The Morgan fingerprint density at radius 3 is 2.50 bits per heavy atom. The highest BCUT2D eigenvalue weighted by Gasteiger charge is 2.33. The molecule has 0 atom stereocenters. The molecular weight excluding hydrogens is 274 g/mol. The molecule has 3 nitrogen and oxygen atoms in total. The molecule has 110 valence electrons. The fourth-order valence-electron chi connectivity index (χ4n) is 2.82. The van der Waals surface area contributed by atoms with E-state index < -0.39 is 0 Å². The van der Waals surface area contributed by atoms with Gasteiger partial charge >= 0.3 is 5.97 Å². The molecule has 0 bridgehead atoms. The first-order valence-corrected chi connectivity index (χ1v) is 7.60. The maximum atomic E-state index is 12.0. The minimum Gasteiger partial charge on any atom is -0.461 e. The molecule has 1 aliphatic carbocycles. The number of esters is 1. The molecule has 0 aromatic heterocycles. The summed E-state index contributed by atoms with van der Waals surface area (Å²) >= 11 is 5.82. The third kappa shape index (κ3) is 4.22. The van der Waals surface area contributed by atoms with Crippen molar-refractivity contribution in [3.8, 4) is 0 Å². The van der Waals surface area contributed by atoms with Crippen LogP contribution in [0, 0.1) is 0 Å². The second kappa shape index (κ2) is 7.09. The van der Waals surface area contributed by atoms with Gasteiger partial charge < -0.3 is 10.1 Å². The molecule has 0 spiro atoms. The van der Waals surface area contributed by atoms with Crippen LogP contribution in [0.3, 0.4) is 0 Å². The molecule has 1 aromatic carbocycles. The molecule has 20 heavy (non-hydrogen) atoms. The van der Waals surface area contributed by atoms with E-state index in [0.717, 1.165) is 18.4 Å².